The molecule has 0 fully saturated rings. The third-order valence-electron chi connectivity index (χ3n) is 3.60. The van der Waals surface area contributed by atoms with Crippen molar-refractivity contribution in [2.24, 2.45) is 0 Å². The van der Waals surface area contributed by atoms with Crippen LogP contribution < -0.4 is 10.6 Å². The van der Waals surface area contributed by atoms with E-state index in [4.69, 9.17) is 12.2 Å². The van der Waals surface area contributed by atoms with Crippen molar-refractivity contribution in [2.75, 3.05) is 11.6 Å². The third kappa shape index (κ3) is 5.20. The Hall–Kier alpha value is -2.06. The maximum Gasteiger partial charge on any atom is 0.175 e. The topological polar surface area (TPSA) is 58.2 Å². The Morgan fingerprint density at radius 1 is 1.16 bits per heavy atom. The van der Waals surface area contributed by atoms with Gasteiger partial charge < -0.3 is 10.6 Å². The molecule has 4 nitrogen and oxygen atoms in total. The fourth-order valence-corrected chi connectivity index (χ4v) is 3.16. The summed E-state index contributed by atoms with van der Waals surface area (Å²) in [4.78, 5) is 0.236. The minimum Gasteiger partial charge on any atom is -0.356 e. The first-order valence-electron chi connectivity index (χ1n) is 7.53. The highest BCUT2D eigenvalue weighted by Gasteiger charge is 2.14. The van der Waals surface area contributed by atoms with Crippen LogP contribution in [-0.4, -0.2) is 19.8 Å². The Bertz CT molecular complexity index is 869. The molecule has 0 saturated heterocycles. The van der Waals surface area contributed by atoms with E-state index >= 15 is 0 Å². The van der Waals surface area contributed by atoms with Crippen LogP contribution in [0, 0.1) is 11.6 Å². The average molecular weight is 384 g/mol. The Morgan fingerprint density at radius 2 is 1.80 bits per heavy atom. The third-order valence-corrected chi connectivity index (χ3v) is 4.95. The van der Waals surface area contributed by atoms with Crippen LogP contribution in [0.3, 0.4) is 0 Å². The van der Waals surface area contributed by atoms with Gasteiger partial charge in [-0.15, -0.1) is 0 Å². The van der Waals surface area contributed by atoms with E-state index in [0.29, 0.717) is 6.42 Å². The molecule has 0 radical (unpaired) electrons. The summed E-state index contributed by atoms with van der Waals surface area (Å²) in [6.45, 7) is 1.93. The van der Waals surface area contributed by atoms with E-state index in [9.17, 15) is 17.2 Å². The molecule has 2 aromatic carbocycles. The van der Waals surface area contributed by atoms with Crippen molar-refractivity contribution in [3.05, 3.63) is 59.7 Å². The number of rotatable bonds is 5. The molecule has 25 heavy (non-hydrogen) atoms. The van der Waals surface area contributed by atoms with Gasteiger partial charge in [0.25, 0.3) is 0 Å². The minimum absolute atomic E-state index is 0.0705. The summed E-state index contributed by atoms with van der Waals surface area (Å²) < 4.78 is 49.6. The first-order chi connectivity index (χ1) is 11.7. The van der Waals surface area contributed by atoms with Crippen LogP contribution in [0.2, 0.25) is 0 Å². The van der Waals surface area contributed by atoms with Crippen LogP contribution in [0.5, 0.6) is 0 Å². The molecule has 0 aliphatic rings. The first-order valence-corrected chi connectivity index (χ1v) is 9.83. The van der Waals surface area contributed by atoms with Gasteiger partial charge in [0.05, 0.1) is 16.6 Å². The van der Waals surface area contributed by atoms with Gasteiger partial charge >= 0.3 is 0 Å². The zero-order chi connectivity index (χ0) is 18.6. The van der Waals surface area contributed by atoms with Gasteiger partial charge in [0.2, 0.25) is 0 Å². The van der Waals surface area contributed by atoms with E-state index in [1.165, 1.54) is 18.2 Å². The van der Waals surface area contributed by atoms with Crippen molar-refractivity contribution >= 4 is 32.9 Å². The smallest absolute Gasteiger partial charge is 0.175 e. The molecule has 0 heterocycles. The molecule has 0 saturated carbocycles. The van der Waals surface area contributed by atoms with Gasteiger partial charge in [0.1, 0.15) is 11.6 Å². The molecule has 0 aromatic heterocycles. The second-order valence-electron chi connectivity index (χ2n) is 5.52. The standard InChI is InChI=1S/C17H18F2N2O2S2/c1-3-15(11-4-7-13(8-5-11)25(2,22)23)20-17(24)21-16-9-6-12(18)10-14(16)19/h4-10,15H,3H2,1-2H3,(H2,20,21,24). The van der Waals surface area contributed by atoms with E-state index in [1.54, 1.807) is 12.1 Å². The molecule has 8 heteroatoms. The lowest BCUT2D eigenvalue weighted by Gasteiger charge is -2.20. The van der Waals surface area contributed by atoms with Crippen molar-refractivity contribution < 1.29 is 17.2 Å². The summed E-state index contributed by atoms with van der Waals surface area (Å²) in [5.41, 5.74) is 0.916. The van der Waals surface area contributed by atoms with Crippen molar-refractivity contribution in [1.29, 1.82) is 0 Å². The van der Waals surface area contributed by atoms with Crippen LogP contribution in [0.1, 0.15) is 24.9 Å². The van der Waals surface area contributed by atoms with Gasteiger partial charge in [-0.1, -0.05) is 19.1 Å². The van der Waals surface area contributed by atoms with Crippen molar-refractivity contribution in [1.82, 2.24) is 5.32 Å². The SMILES string of the molecule is CCC(NC(=S)Nc1ccc(F)cc1F)c1ccc(S(C)(=O)=O)cc1. The lowest BCUT2D eigenvalue weighted by Crippen LogP contribution is -2.32. The fourth-order valence-electron chi connectivity index (χ4n) is 2.28. The number of benzene rings is 2. The normalized spacial score (nSPS) is 12.5. The molecular weight excluding hydrogens is 366 g/mol. The zero-order valence-electron chi connectivity index (χ0n) is 13.7. The molecule has 2 rings (SSSR count). The highest BCUT2D eigenvalue weighted by Crippen LogP contribution is 2.20. The Kier molecular flexibility index (Phi) is 6.07. The van der Waals surface area contributed by atoms with Gasteiger partial charge in [0.15, 0.2) is 14.9 Å². The summed E-state index contributed by atoms with van der Waals surface area (Å²) in [6.07, 6.45) is 1.82. The molecule has 2 aromatic rings. The number of hydrogen-bond acceptors (Lipinski definition) is 3. The van der Waals surface area contributed by atoms with E-state index in [0.717, 1.165) is 24.0 Å². The van der Waals surface area contributed by atoms with Crippen LogP contribution in [0.25, 0.3) is 0 Å². The lowest BCUT2D eigenvalue weighted by atomic mass is 10.1. The molecular formula is C17H18F2N2O2S2. The van der Waals surface area contributed by atoms with Crippen molar-refractivity contribution in [3.63, 3.8) is 0 Å². The van der Waals surface area contributed by atoms with Gasteiger partial charge in [-0.05, 0) is 48.5 Å². The summed E-state index contributed by atoms with van der Waals surface area (Å²) in [6, 6.07) is 9.47. The summed E-state index contributed by atoms with van der Waals surface area (Å²) in [5.74, 6) is -1.41. The lowest BCUT2D eigenvalue weighted by molar-refractivity contribution is 0.585. The molecule has 134 valence electrons. The van der Waals surface area contributed by atoms with Gasteiger partial charge in [0, 0.05) is 12.3 Å². The van der Waals surface area contributed by atoms with Crippen molar-refractivity contribution in [3.8, 4) is 0 Å². The second-order valence-corrected chi connectivity index (χ2v) is 7.95. The molecule has 0 spiro atoms. The fraction of sp³-hybridized carbons (Fsp3) is 0.235. The zero-order valence-corrected chi connectivity index (χ0v) is 15.3. The molecule has 0 amide bonds. The van der Waals surface area contributed by atoms with Gasteiger partial charge in [-0.25, -0.2) is 17.2 Å². The second kappa shape index (κ2) is 7.88. The summed E-state index contributed by atoms with van der Waals surface area (Å²) in [7, 11) is -3.25. The predicted octanol–water partition coefficient (Wildman–Crippen LogP) is 3.81. The highest BCUT2D eigenvalue weighted by atomic mass is 32.2. The van der Waals surface area contributed by atoms with E-state index in [-0.39, 0.29) is 21.7 Å². The number of nitrogens with one attached hydrogen (secondary N) is 2. The number of anilines is 1. The number of thiocarbonyl (C=S) groups is 1. The maximum absolute atomic E-state index is 13.7. The number of sulfone groups is 1. The van der Waals surface area contributed by atoms with Gasteiger partial charge in [-0.2, -0.15) is 0 Å². The average Bonchev–Trinajstić information content (AvgIpc) is 2.54. The number of halogens is 2. The first kappa shape index (κ1) is 19.3. The predicted molar refractivity (Wildman–Crippen MR) is 98.3 cm³/mol. The summed E-state index contributed by atoms with van der Waals surface area (Å²) >= 11 is 5.18. The molecule has 0 aliphatic carbocycles. The quantitative estimate of drug-likeness (QED) is 0.768. The monoisotopic (exact) mass is 384 g/mol. The Balaban J connectivity index is 2.09. The molecule has 2 N–H and O–H groups in total. The number of hydrogen-bond donors (Lipinski definition) is 2. The van der Waals surface area contributed by atoms with Crippen LogP contribution in [-0.2, 0) is 9.84 Å². The molecule has 1 atom stereocenters. The molecule has 1 unspecified atom stereocenters. The van der Waals surface area contributed by atoms with E-state index in [1.807, 2.05) is 6.92 Å². The molecule has 0 aliphatic heterocycles. The Labute approximate surface area is 151 Å². The van der Waals surface area contributed by atoms with Crippen LogP contribution in [0.15, 0.2) is 47.4 Å². The Morgan fingerprint density at radius 3 is 2.32 bits per heavy atom. The van der Waals surface area contributed by atoms with Crippen molar-refractivity contribution in [2.45, 2.75) is 24.3 Å². The largest absolute Gasteiger partial charge is 0.356 e. The van der Waals surface area contributed by atoms with E-state index < -0.39 is 21.5 Å². The molecule has 0 bridgehead atoms. The maximum atomic E-state index is 13.7. The summed E-state index contributed by atoms with van der Waals surface area (Å²) in [5, 5.41) is 5.92. The van der Waals surface area contributed by atoms with E-state index in [2.05, 4.69) is 10.6 Å². The van der Waals surface area contributed by atoms with Gasteiger partial charge in [-0.3, -0.25) is 0 Å². The highest BCUT2D eigenvalue weighted by molar-refractivity contribution is 7.90. The van der Waals surface area contributed by atoms with Crippen LogP contribution >= 0.6 is 12.2 Å². The van der Waals surface area contributed by atoms with Crippen LogP contribution in [0.4, 0.5) is 14.5 Å². The minimum atomic E-state index is -3.25.